The van der Waals surface area contributed by atoms with Crippen molar-refractivity contribution in [2.24, 2.45) is 11.3 Å². The normalized spacial score (nSPS) is 33.2. The molecule has 1 aliphatic carbocycles. The SMILES string of the molecule is CC1CC(C)(C)CC1(O)Cc1sccc1Br. The van der Waals surface area contributed by atoms with Crippen molar-refractivity contribution < 1.29 is 5.11 Å². The van der Waals surface area contributed by atoms with Crippen LogP contribution in [0.3, 0.4) is 0 Å². The number of thiophene rings is 1. The molecule has 90 valence electrons. The Kier molecular flexibility index (Phi) is 3.23. The lowest BCUT2D eigenvalue weighted by Gasteiger charge is -2.28. The third-order valence-corrected chi connectivity index (χ3v) is 5.64. The molecule has 0 radical (unpaired) electrons. The molecule has 1 fully saturated rings. The predicted octanol–water partition coefficient (Wildman–Crippen LogP) is 4.24. The summed E-state index contributed by atoms with van der Waals surface area (Å²) >= 11 is 5.28. The maximum atomic E-state index is 10.8. The van der Waals surface area contributed by atoms with Crippen molar-refractivity contribution in [2.45, 2.75) is 45.6 Å². The highest BCUT2D eigenvalue weighted by atomic mass is 79.9. The highest BCUT2D eigenvalue weighted by molar-refractivity contribution is 9.10. The molecule has 1 nitrogen and oxygen atoms in total. The quantitative estimate of drug-likeness (QED) is 0.866. The highest BCUT2D eigenvalue weighted by Crippen LogP contribution is 2.49. The standard InChI is InChI=1S/C13H19BrOS/c1-9-6-12(2,3)8-13(9,15)7-11-10(14)4-5-16-11/h4-5,9,15H,6-8H2,1-3H3. The zero-order chi connectivity index (χ0) is 12.0. The molecule has 16 heavy (non-hydrogen) atoms. The predicted molar refractivity (Wildman–Crippen MR) is 72.9 cm³/mol. The van der Waals surface area contributed by atoms with Gasteiger partial charge in [-0.3, -0.25) is 0 Å². The monoisotopic (exact) mass is 302 g/mol. The van der Waals surface area contributed by atoms with Crippen LogP contribution in [-0.4, -0.2) is 10.7 Å². The Morgan fingerprint density at radius 1 is 1.56 bits per heavy atom. The molecule has 1 aromatic heterocycles. The Morgan fingerprint density at radius 2 is 2.25 bits per heavy atom. The van der Waals surface area contributed by atoms with E-state index in [1.165, 1.54) is 4.88 Å². The first-order valence-electron chi connectivity index (χ1n) is 5.77. The average Bonchev–Trinajstić information content (AvgIpc) is 2.57. The summed E-state index contributed by atoms with van der Waals surface area (Å²) in [4.78, 5) is 1.27. The first-order valence-corrected chi connectivity index (χ1v) is 7.44. The Hall–Kier alpha value is 0.140. The van der Waals surface area contributed by atoms with Gasteiger partial charge in [0, 0.05) is 15.8 Å². The van der Waals surface area contributed by atoms with Gasteiger partial charge in [-0.1, -0.05) is 20.8 Å². The summed E-state index contributed by atoms with van der Waals surface area (Å²) in [5.41, 5.74) is -0.241. The van der Waals surface area contributed by atoms with Crippen molar-refractivity contribution in [3.05, 3.63) is 20.8 Å². The molecule has 2 rings (SSSR count). The lowest BCUT2D eigenvalue weighted by Crippen LogP contribution is -2.34. The van der Waals surface area contributed by atoms with Crippen molar-refractivity contribution in [1.82, 2.24) is 0 Å². The van der Waals surface area contributed by atoms with Crippen molar-refractivity contribution in [3.8, 4) is 0 Å². The molecular weight excluding hydrogens is 284 g/mol. The van der Waals surface area contributed by atoms with Crippen molar-refractivity contribution in [1.29, 1.82) is 0 Å². The highest BCUT2D eigenvalue weighted by Gasteiger charge is 2.47. The topological polar surface area (TPSA) is 20.2 Å². The van der Waals surface area contributed by atoms with Crippen LogP contribution in [0.4, 0.5) is 0 Å². The van der Waals surface area contributed by atoms with Crippen LogP contribution in [0.1, 0.15) is 38.5 Å². The molecule has 0 bridgehead atoms. The van der Waals surface area contributed by atoms with E-state index in [2.05, 4.69) is 48.1 Å². The lowest BCUT2D eigenvalue weighted by molar-refractivity contribution is 0.00505. The minimum Gasteiger partial charge on any atom is -0.389 e. The largest absolute Gasteiger partial charge is 0.389 e. The van der Waals surface area contributed by atoms with Gasteiger partial charge in [-0.25, -0.2) is 0 Å². The van der Waals surface area contributed by atoms with Crippen LogP contribution < -0.4 is 0 Å². The first-order chi connectivity index (χ1) is 7.32. The second-order valence-corrected chi connectivity index (χ2v) is 7.77. The summed E-state index contributed by atoms with van der Waals surface area (Å²) in [7, 11) is 0. The van der Waals surface area contributed by atoms with E-state index in [4.69, 9.17) is 0 Å². The van der Waals surface area contributed by atoms with E-state index < -0.39 is 5.60 Å². The van der Waals surface area contributed by atoms with Crippen LogP contribution in [0.2, 0.25) is 0 Å². The van der Waals surface area contributed by atoms with Gasteiger partial charge in [0.2, 0.25) is 0 Å². The van der Waals surface area contributed by atoms with E-state index in [0.717, 1.165) is 23.7 Å². The number of halogens is 1. The second kappa shape index (κ2) is 4.11. The molecule has 0 spiro atoms. The van der Waals surface area contributed by atoms with E-state index in [1.807, 2.05) is 0 Å². The summed E-state index contributed by atoms with van der Waals surface area (Å²) in [5.74, 6) is 0.386. The Labute approximate surface area is 110 Å². The Morgan fingerprint density at radius 3 is 2.69 bits per heavy atom. The van der Waals surface area contributed by atoms with Gasteiger partial charge in [-0.05, 0) is 51.6 Å². The third kappa shape index (κ3) is 2.36. The minimum atomic E-state index is -0.517. The molecule has 1 aliphatic rings. The number of hydrogen-bond acceptors (Lipinski definition) is 2. The fourth-order valence-corrected chi connectivity index (χ4v) is 4.67. The maximum absolute atomic E-state index is 10.8. The summed E-state index contributed by atoms with van der Waals surface area (Å²) in [6.07, 6.45) is 2.81. The Balaban J connectivity index is 2.18. The summed E-state index contributed by atoms with van der Waals surface area (Å²) < 4.78 is 1.14. The van der Waals surface area contributed by atoms with E-state index in [1.54, 1.807) is 11.3 Å². The van der Waals surface area contributed by atoms with Crippen molar-refractivity contribution in [2.75, 3.05) is 0 Å². The van der Waals surface area contributed by atoms with Crippen LogP contribution in [0.5, 0.6) is 0 Å². The maximum Gasteiger partial charge on any atom is 0.0726 e. The zero-order valence-electron chi connectivity index (χ0n) is 10.1. The molecule has 0 saturated heterocycles. The molecule has 1 N–H and O–H groups in total. The van der Waals surface area contributed by atoms with Gasteiger partial charge < -0.3 is 5.11 Å². The molecule has 1 saturated carbocycles. The molecule has 0 amide bonds. The minimum absolute atomic E-state index is 0.276. The molecule has 0 aromatic carbocycles. The zero-order valence-corrected chi connectivity index (χ0v) is 12.5. The lowest BCUT2D eigenvalue weighted by atomic mass is 9.86. The van der Waals surface area contributed by atoms with Gasteiger partial charge >= 0.3 is 0 Å². The van der Waals surface area contributed by atoms with Crippen molar-refractivity contribution in [3.63, 3.8) is 0 Å². The van der Waals surface area contributed by atoms with Crippen LogP contribution in [0, 0.1) is 11.3 Å². The van der Waals surface area contributed by atoms with Crippen LogP contribution >= 0.6 is 27.3 Å². The van der Waals surface area contributed by atoms with Gasteiger partial charge in [0.25, 0.3) is 0 Å². The summed E-state index contributed by atoms with van der Waals surface area (Å²) in [5, 5.41) is 12.9. The van der Waals surface area contributed by atoms with Gasteiger partial charge in [0.1, 0.15) is 0 Å². The molecule has 3 heteroatoms. The number of rotatable bonds is 2. The Bertz CT molecular complexity index is 385. The average molecular weight is 303 g/mol. The fourth-order valence-electron chi connectivity index (χ4n) is 3.06. The van der Waals surface area contributed by atoms with Gasteiger partial charge in [0.15, 0.2) is 0 Å². The molecule has 2 unspecified atom stereocenters. The molecule has 1 aromatic rings. The van der Waals surface area contributed by atoms with Gasteiger partial charge in [0.05, 0.1) is 5.60 Å². The number of aliphatic hydroxyl groups is 1. The van der Waals surface area contributed by atoms with Gasteiger partial charge in [-0.2, -0.15) is 0 Å². The van der Waals surface area contributed by atoms with E-state index in [9.17, 15) is 5.11 Å². The smallest absolute Gasteiger partial charge is 0.0726 e. The third-order valence-electron chi connectivity index (χ3n) is 3.72. The van der Waals surface area contributed by atoms with E-state index in [0.29, 0.717) is 5.92 Å². The second-order valence-electron chi connectivity index (χ2n) is 5.92. The molecule has 1 heterocycles. The summed E-state index contributed by atoms with van der Waals surface area (Å²) in [6, 6.07) is 2.06. The molecular formula is C13H19BrOS. The van der Waals surface area contributed by atoms with Gasteiger partial charge in [-0.15, -0.1) is 11.3 Å². The van der Waals surface area contributed by atoms with Crippen LogP contribution in [0.15, 0.2) is 15.9 Å². The van der Waals surface area contributed by atoms with Crippen molar-refractivity contribution >= 4 is 27.3 Å². The molecule has 2 atom stereocenters. The summed E-state index contributed by atoms with van der Waals surface area (Å²) in [6.45, 7) is 6.69. The fraction of sp³-hybridized carbons (Fsp3) is 0.692. The van der Waals surface area contributed by atoms with E-state index in [-0.39, 0.29) is 5.41 Å². The number of hydrogen-bond donors (Lipinski definition) is 1. The molecule has 0 aliphatic heterocycles. The van der Waals surface area contributed by atoms with E-state index >= 15 is 0 Å². The first kappa shape index (κ1) is 12.6. The van der Waals surface area contributed by atoms with Crippen LogP contribution in [-0.2, 0) is 6.42 Å². The van der Waals surface area contributed by atoms with Crippen LogP contribution in [0.25, 0.3) is 0 Å².